The summed E-state index contributed by atoms with van der Waals surface area (Å²) in [5.41, 5.74) is 5.67. The molecule has 24 heavy (non-hydrogen) atoms. The van der Waals surface area contributed by atoms with E-state index in [1.807, 2.05) is 39.0 Å². The number of rotatable bonds is 5. The summed E-state index contributed by atoms with van der Waals surface area (Å²) in [5, 5.41) is 0.684. The molecule has 0 aliphatic carbocycles. The first-order chi connectivity index (χ1) is 11.2. The Bertz CT molecular complexity index is 804. The van der Waals surface area contributed by atoms with Gasteiger partial charge in [-0.15, -0.1) is 0 Å². The van der Waals surface area contributed by atoms with Crippen LogP contribution in [0.1, 0.15) is 52.0 Å². The number of ketones is 1. The number of carbonyl (C=O) groups excluding carboxylic acids is 1. The van der Waals surface area contributed by atoms with Gasteiger partial charge in [-0.2, -0.15) is 0 Å². The molecule has 0 aliphatic rings. The second-order valence-electron chi connectivity index (χ2n) is 6.94. The van der Waals surface area contributed by atoms with Crippen LogP contribution in [-0.2, 0) is 4.57 Å². The van der Waals surface area contributed by atoms with E-state index in [0.29, 0.717) is 22.9 Å². The van der Waals surface area contributed by atoms with Gasteiger partial charge in [0.25, 0.3) is 0 Å². The molecule has 0 heterocycles. The predicted molar refractivity (Wildman–Crippen MR) is 102 cm³/mol. The van der Waals surface area contributed by atoms with E-state index in [1.54, 1.807) is 6.07 Å². The molecular formula is C21H26O2P. The molecule has 2 nitrogen and oxygen atoms in total. The van der Waals surface area contributed by atoms with Crippen LogP contribution in [0.3, 0.4) is 0 Å². The van der Waals surface area contributed by atoms with Gasteiger partial charge in [-0.1, -0.05) is 32.0 Å². The molecule has 2 aromatic carbocycles. The first-order valence-electron chi connectivity index (χ1n) is 8.39. The SMILES string of the molecule is Cc1cc(C)c(C(=O)c2ccccc2[P](=O)CC(C)C)c(C)c1C. The predicted octanol–water partition coefficient (Wildman–Crippen LogP) is 5.26. The number of aryl methyl sites for hydroxylation is 2. The largest absolute Gasteiger partial charge is 0.289 e. The minimum Gasteiger partial charge on any atom is -0.289 e. The van der Waals surface area contributed by atoms with Crippen molar-refractivity contribution in [3.8, 4) is 0 Å². The van der Waals surface area contributed by atoms with E-state index >= 15 is 0 Å². The molecule has 0 saturated carbocycles. The van der Waals surface area contributed by atoms with Crippen LogP contribution in [0.15, 0.2) is 30.3 Å². The van der Waals surface area contributed by atoms with Gasteiger partial charge in [0.15, 0.2) is 5.78 Å². The Morgan fingerprint density at radius 1 is 1.00 bits per heavy atom. The van der Waals surface area contributed by atoms with Crippen LogP contribution in [0.4, 0.5) is 0 Å². The highest BCUT2D eigenvalue weighted by molar-refractivity contribution is 7.53. The van der Waals surface area contributed by atoms with E-state index in [9.17, 15) is 9.36 Å². The Kier molecular flexibility index (Phi) is 5.72. The van der Waals surface area contributed by atoms with Crippen LogP contribution in [0.5, 0.6) is 0 Å². The van der Waals surface area contributed by atoms with Gasteiger partial charge in [-0.05, 0) is 68.0 Å². The highest BCUT2D eigenvalue weighted by Gasteiger charge is 2.22. The highest BCUT2D eigenvalue weighted by Crippen LogP contribution is 2.29. The average Bonchev–Trinajstić information content (AvgIpc) is 2.52. The zero-order valence-electron chi connectivity index (χ0n) is 15.4. The van der Waals surface area contributed by atoms with Crippen LogP contribution >= 0.6 is 7.80 Å². The van der Waals surface area contributed by atoms with Gasteiger partial charge < -0.3 is 0 Å². The normalized spacial score (nSPS) is 11.7. The van der Waals surface area contributed by atoms with Gasteiger partial charge in [-0.3, -0.25) is 9.36 Å². The third-order valence-corrected chi connectivity index (χ3v) is 6.52. The molecule has 0 aliphatic heterocycles. The molecule has 127 valence electrons. The topological polar surface area (TPSA) is 34.1 Å². The quantitative estimate of drug-likeness (QED) is 0.549. The van der Waals surface area contributed by atoms with Crippen molar-refractivity contribution < 1.29 is 9.36 Å². The van der Waals surface area contributed by atoms with Crippen LogP contribution in [0.25, 0.3) is 0 Å². The minimum atomic E-state index is -1.56. The first kappa shape index (κ1) is 18.5. The Balaban J connectivity index is 2.57. The molecule has 2 rings (SSSR count). The maximum Gasteiger partial charge on any atom is 0.194 e. The molecule has 1 radical (unpaired) electrons. The van der Waals surface area contributed by atoms with Gasteiger partial charge in [0.1, 0.15) is 7.80 Å². The Morgan fingerprint density at radius 3 is 2.25 bits per heavy atom. The van der Waals surface area contributed by atoms with E-state index in [0.717, 1.165) is 22.3 Å². The van der Waals surface area contributed by atoms with E-state index in [4.69, 9.17) is 0 Å². The molecule has 0 spiro atoms. The van der Waals surface area contributed by atoms with Crippen LogP contribution in [0.2, 0.25) is 0 Å². The molecule has 0 aromatic heterocycles. The Labute approximate surface area is 146 Å². The lowest BCUT2D eigenvalue weighted by Crippen LogP contribution is -2.17. The summed E-state index contributed by atoms with van der Waals surface area (Å²) < 4.78 is 12.7. The zero-order valence-corrected chi connectivity index (χ0v) is 16.3. The van der Waals surface area contributed by atoms with Crippen molar-refractivity contribution >= 4 is 18.9 Å². The summed E-state index contributed by atoms with van der Waals surface area (Å²) >= 11 is 0. The summed E-state index contributed by atoms with van der Waals surface area (Å²) in [6.45, 7) is 12.2. The number of hydrogen-bond donors (Lipinski definition) is 0. The summed E-state index contributed by atoms with van der Waals surface area (Å²) in [4.78, 5) is 13.2. The monoisotopic (exact) mass is 341 g/mol. The Morgan fingerprint density at radius 2 is 1.62 bits per heavy atom. The fourth-order valence-electron chi connectivity index (χ4n) is 3.08. The number of carbonyl (C=O) groups is 1. The van der Waals surface area contributed by atoms with E-state index < -0.39 is 7.80 Å². The van der Waals surface area contributed by atoms with Gasteiger partial charge >= 0.3 is 0 Å². The molecular weight excluding hydrogens is 315 g/mol. The van der Waals surface area contributed by atoms with Crippen molar-refractivity contribution in [3.05, 3.63) is 63.7 Å². The molecule has 0 N–H and O–H groups in total. The lowest BCUT2D eigenvalue weighted by atomic mass is 9.89. The molecule has 1 atom stereocenters. The molecule has 0 saturated heterocycles. The molecule has 0 amide bonds. The van der Waals surface area contributed by atoms with Crippen molar-refractivity contribution in [2.24, 2.45) is 5.92 Å². The average molecular weight is 341 g/mol. The molecule has 0 bridgehead atoms. The highest BCUT2D eigenvalue weighted by atomic mass is 31.1. The smallest absolute Gasteiger partial charge is 0.194 e. The van der Waals surface area contributed by atoms with Crippen LogP contribution in [0, 0.1) is 33.6 Å². The van der Waals surface area contributed by atoms with Crippen molar-refractivity contribution in [2.45, 2.75) is 41.5 Å². The van der Waals surface area contributed by atoms with Crippen molar-refractivity contribution in [2.75, 3.05) is 6.16 Å². The summed E-state index contributed by atoms with van der Waals surface area (Å²) in [5.74, 6) is 0.317. The molecule has 2 aromatic rings. The summed E-state index contributed by atoms with van der Waals surface area (Å²) in [6, 6.07) is 9.41. The van der Waals surface area contributed by atoms with Gasteiger partial charge in [0.05, 0.1) is 0 Å². The third-order valence-electron chi connectivity index (χ3n) is 4.53. The fourth-order valence-corrected chi connectivity index (χ4v) is 4.64. The maximum absolute atomic E-state index is 13.2. The summed E-state index contributed by atoms with van der Waals surface area (Å²) in [7, 11) is -1.56. The van der Waals surface area contributed by atoms with Gasteiger partial charge in [0, 0.05) is 22.6 Å². The zero-order chi connectivity index (χ0) is 18.0. The Hall–Kier alpha value is -1.79. The molecule has 0 fully saturated rings. The van der Waals surface area contributed by atoms with Crippen molar-refractivity contribution in [1.82, 2.24) is 0 Å². The van der Waals surface area contributed by atoms with Crippen molar-refractivity contribution in [1.29, 1.82) is 0 Å². The standard InChI is InChI=1S/C21H26O2P/c1-13(2)12-24(23)19-10-8-7-9-18(19)21(22)20-15(4)11-14(3)16(5)17(20)6/h7-11,13H,12H2,1-6H3. The van der Waals surface area contributed by atoms with Crippen molar-refractivity contribution in [3.63, 3.8) is 0 Å². The summed E-state index contributed by atoms with van der Waals surface area (Å²) in [6.07, 6.45) is 0.602. The van der Waals surface area contributed by atoms with Gasteiger partial charge in [0.2, 0.25) is 0 Å². The number of benzene rings is 2. The maximum atomic E-state index is 13.2. The third kappa shape index (κ3) is 3.65. The van der Waals surface area contributed by atoms with Crippen LogP contribution in [-0.4, -0.2) is 11.9 Å². The lowest BCUT2D eigenvalue weighted by molar-refractivity contribution is 0.103. The second-order valence-corrected chi connectivity index (χ2v) is 8.54. The van der Waals surface area contributed by atoms with E-state index in [-0.39, 0.29) is 5.78 Å². The fraction of sp³-hybridized carbons (Fsp3) is 0.381. The minimum absolute atomic E-state index is 0.0178. The number of hydrogen-bond acceptors (Lipinski definition) is 2. The van der Waals surface area contributed by atoms with Crippen LogP contribution < -0.4 is 5.30 Å². The van der Waals surface area contributed by atoms with E-state index in [1.165, 1.54) is 5.56 Å². The van der Waals surface area contributed by atoms with E-state index in [2.05, 4.69) is 26.8 Å². The lowest BCUT2D eigenvalue weighted by Gasteiger charge is -2.16. The molecule has 3 heteroatoms. The van der Waals surface area contributed by atoms with Gasteiger partial charge in [-0.25, -0.2) is 0 Å². The first-order valence-corrected chi connectivity index (χ1v) is 9.84. The molecule has 1 unspecified atom stereocenters. The second kappa shape index (κ2) is 7.40.